The normalized spacial score (nSPS) is 11.7. The van der Waals surface area contributed by atoms with Gasteiger partial charge in [0.2, 0.25) is 0 Å². The molecule has 0 fully saturated rings. The van der Waals surface area contributed by atoms with Crippen LogP contribution in [0.4, 0.5) is 20.5 Å². The molecule has 0 radical (unpaired) electrons. The van der Waals surface area contributed by atoms with Crippen molar-refractivity contribution >= 4 is 54.9 Å². The molecule has 3 heterocycles. The number of halogens is 1. The smallest absolute Gasteiger partial charge is 0.355 e. The number of hydrogen-bond donors (Lipinski definition) is 3. The van der Waals surface area contributed by atoms with Crippen molar-refractivity contribution in [2.24, 2.45) is 5.92 Å². The zero-order valence-electron chi connectivity index (χ0n) is 25.2. The first-order valence-electron chi connectivity index (χ1n) is 14.1. The Hall–Kier alpha value is -4.64. The molecule has 232 valence electrons. The van der Waals surface area contributed by atoms with E-state index in [0.29, 0.717) is 46.6 Å². The summed E-state index contributed by atoms with van der Waals surface area (Å²) >= 11 is 2.80. The van der Waals surface area contributed by atoms with E-state index in [4.69, 9.17) is 4.74 Å². The first-order valence-corrected chi connectivity index (χ1v) is 15.8. The van der Waals surface area contributed by atoms with Gasteiger partial charge < -0.3 is 20.5 Å². The second-order valence-electron chi connectivity index (χ2n) is 10.7. The van der Waals surface area contributed by atoms with E-state index in [-0.39, 0.29) is 24.0 Å². The maximum atomic E-state index is 14.6. The van der Waals surface area contributed by atoms with E-state index >= 15 is 0 Å². The van der Waals surface area contributed by atoms with Gasteiger partial charge in [0, 0.05) is 10.4 Å². The molecule has 1 atom stereocenters. The van der Waals surface area contributed by atoms with Crippen molar-refractivity contribution in [3.05, 3.63) is 81.7 Å². The molecule has 10 nitrogen and oxygen atoms in total. The van der Waals surface area contributed by atoms with Crippen LogP contribution in [0, 0.1) is 30.5 Å². The molecule has 3 aromatic heterocycles. The summed E-state index contributed by atoms with van der Waals surface area (Å²) in [6.45, 7) is 4.95. The number of carboxylic acids is 1. The van der Waals surface area contributed by atoms with Crippen molar-refractivity contribution in [1.82, 2.24) is 25.1 Å². The van der Waals surface area contributed by atoms with Crippen molar-refractivity contribution in [3.8, 4) is 17.6 Å². The largest absolute Gasteiger partial charge is 0.490 e. The molecule has 45 heavy (non-hydrogen) atoms. The molecule has 0 bridgehead atoms. The van der Waals surface area contributed by atoms with Crippen molar-refractivity contribution in [1.29, 1.82) is 0 Å². The lowest BCUT2D eigenvalue weighted by Crippen LogP contribution is -2.13. The van der Waals surface area contributed by atoms with E-state index < -0.39 is 11.8 Å². The molecule has 0 unspecified atom stereocenters. The molecule has 0 aliphatic rings. The van der Waals surface area contributed by atoms with Gasteiger partial charge in [0.25, 0.3) is 0 Å². The minimum Gasteiger partial charge on any atom is -0.490 e. The zero-order valence-corrected chi connectivity index (χ0v) is 26.9. The number of nitrogens with zero attached hydrogens (tertiary/aromatic N) is 5. The van der Waals surface area contributed by atoms with E-state index in [1.807, 2.05) is 63.2 Å². The van der Waals surface area contributed by atoms with Gasteiger partial charge in [0.05, 0.1) is 35.6 Å². The topological polar surface area (TPSA) is 125 Å². The number of nitrogens with one attached hydrogen (secondary N) is 2. The number of anilines is 3. The summed E-state index contributed by atoms with van der Waals surface area (Å²) in [5.41, 5.74) is 3.05. The molecule has 13 heteroatoms. The lowest BCUT2D eigenvalue weighted by molar-refractivity contribution is 0.0690. The number of aromatic nitrogens is 4. The standard InChI is InChI=1S/C32H32FN7O3S2/c1-19(18-43-25-12-11-21(16-23(25)33)8-7-13-40(3)4)14-27-28(30(41)42)36-31(45-27)34-17-22-15-20(2)29(39-38-22)37-32-35-24-9-5-6-10-26(24)44-32/h5-6,9-12,15-16,19H,13-14,17-18H2,1-4H3,(H,34,36)(H,41,42)(H,35,37,39)/t19-/m0/s1. The number of benzene rings is 2. The monoisotopic (exact) mass is 645 g/mol. The molecular formula is C32H32FN7O3S2. The minimum absolute atomic E-state index is 0.0150. The van der Waals surface area contributed by atoms with Gasteiger partial charge in [-0.25, -0.2) is 19.2 Å². The van der Waals surface area contributed by atoms with Crippen LogP contribution in [-0.4, -0.2) is 63.4 Å². The predicted molar refractivity (Wildman–Crippen MR) is 176 cm³/mol. The van der Waals surface area contributed by atoms with Crippen LogP contribution in [0.5, 0.6) is 5.75 Å². The van der Waals surface area contributed by atoms with Gasteiger partial charge in [-0.05, 0) is 75.3 Å². The number of para-hydroxylation sites is 1. The molecule has 0 saturated heterocycles. The third-order valence-corrected chi connectivity index (χ3v) is 8.48. The van der Waals surface area contributed by atoms with E-state index in [0.717, 1.165) is 20.9 Å². The highest BCUT2D eigenvalue weighted by molar-refractivity contribution is 7.22. The van der Waals surface area contributed by atoms with E-state index in [2.05, 4.69) is 42.6 Å². The predicted octanol–water partition coefficient (Wildman–Crippen LogP) is 6.21. The van der Waals surface area contributed by atoms with Crippen molar-refractivity contribution in [3.63, 3.8) is 0 Å². The molecule has 0 aliphatic carbocycles. The highest BCUT2D eigenvalue weighted by Gasteiger charge is 2.20. The highest BCUT2D eigenvalue weighted by atomic mass is 32.1. The lowest BCUT2D eigenvalue weighted by atomic mass is 10.1. The zero-order chi connectivity index (χ0) is 31.9. The van der Waals surface area contributed by atoms with E-state index in [1.165, 1.54) is 17.4 Å². The molecule has 0 amide bonds. The molecule has 0 aliphatic heterocycles. The van der Waals surface area contributed by atoms with E-state index in [9.17, 15) is 14.3 Å². The number of carboxylic acid groups (broad SMARTS) is 1. The van der Waals surface area contributed by atoms with Gasteiger partial charge in [0.1, 0.15) is 0 Å². The number of rotatable bonds is 12. The third kappa shape index (κ3) is 8.51. The van der Waals surface area contributed by atoms with Crippen LogP contribution < -0.4 is 15.4 Å². The average molecular weight is 646 g/mol. The number of thiazole rings is 2. The minimum atomic E-state index is -1.11. The fourth-order valence-electron chi connectivity index (χ4n) is 4.28. The molecule has 3 N–H and O–H groups in total. The summed E-state index contributed by atoms with van der Waals surface area (Å²) < 4.78 is 21.4. The summed E-state index contributed by atoms with van der Waals surface area (Å²) in [6.07, 6.45) is 0.405. The number of carbonyl (C=O) groups is 1. The van der Waals surface area contributed by atoms with Gasteiger partial charge in [-0.1, -0.05) is 42.2 Å². The second kappa shape index (κ2) is 14.4. The number of aromatic carboxylic acids is 1. The second-order valence-corrected chi connectivity index (χ2v) is 12.8. The SMILES string of the molecule is Cc1cc(CNc2nc(C(=O)O)c(C[C@H](C)COc3ccc(C#CCN(C)C)cc3F)s2)nnc1Nc1nc2ccccc2s1. The molecule has 0 spiro atoms. The van der Waals surface area contributed by atoms with Crippen LogP contribution >= 0.6 is 22.7 Å². The Labute approximate surface area is 268 Å². The van der Waals surface area contributed by atoms with Gasteiger partial charge in [-0.3, -0.25) is 4.90 Å². The van der Waals surface area contributed by atoms with Crippen molar-refractivity contribution in [2.45, 2.75) is 26.8 Å². The fourth-order valence-corrected chi connectivity index (χ4v) is 6.26. The van der Waals surface area contributed by atoms with E-state index in [1.54, 1.807) is 23.5 Å². The maximum Gasteiger partial charge on any atom is 0.355 e. The Morgan fingerprint density at radius 2 is 1.93 bits per heavy atom. The number of aryl methyl sites for hydroxylation is 1. The molecule has 5 aromatic rings. The first kappa shape index (κ1) is 31.8. The van der Waals surface area contributed by atoms with Gasteiger partial charge in [0.15, 0.2) is 33.3 Å². The quantitative estimate of drug-likeness (QED) is 0.135. The lowest BCUT2D eigenvalue weighted by Gasteiger charge is -2.13. The average Bonchev–Trinajstić information content (AvgIpc) is 3.60. The van der Waals surface area contributed by atoms with Crippen LogP contribution in [0.15, 0.2) is 48.5 Å². The summed E-state index contributed by atoms with van der Waals surface area (Å²) in [5, 5.41) is 26.0. The van der Waals surface area contributed by atoms with Crippen molar-refractivity contribution < 1.29 is 19.0 Å². The molecule has 5 rings (SSSR count). The number of hydrogen-bond acceptors (Lipinski definition) is 11. The van der Waals surface area contributed by atoms with Gasteiger partial charge in [-0.15, -0.1) is 16.4 Å². The van der Waals surface area contributed by atoms with Crippen LogP contribution in [0.25, 0.3) is 10.2 Å². The Bertz CT molecular complexity index is 1850. The Morgan fingerprint density at radius 3 is 2.67 bits per heavy atom. The first-order chi connectivity index (χ1) is 21.6. The number of ether oxygens (including phenoxy) is 1. The van der Waals surface area contributed by atoms with Crippen LogP contribution in [0.3, 0.4) is 0 Å². The summed E-state index contributed by atoms with van der Waals surface area (Å²) in [4.78, 5) is 23.3. The highest BCUT2D eigenvalue weighted by Crippen LogP contribution is 2.29. The third-order valence-electron chi connectivity index (χ3n) is 6.49. The van der Waals surface area contributed by atoms with Gasteiger partial charge in [-0.2, -0.15) is 5.10 Å². The molecular weight excluding hydrogens is 614 g/mol. The Kier molecular flexibility index (Phi) is 10.2. The molecule has 2 aromatic carbocycles. The van der Waals surface area contributed by atoms with Crippen LogP contribution in [0.1, 0.15) is 39.1 Å². The summed E-state index contributed by atoms with van der Waals surface area (Å²) in [7, 11) is 3.83. The van der Waals surface area contributed by atoms with Crippen LogP contribution in [-0.2, 0) is 13.0 Å². The number of fused-ring (bicyclic) bond motifs is 1. The summed E-state index contributed by atoms with van der Waals surface area (Å²) in [5.74, 6) is 4.95. The Balaban J connectivity index is 1.16. The molecule has 0 saturated carbocycles. The van der Waals surface area contributed by atoms with Crippen LogP contribution in [0.2, 0.25) is 0 Å². The fraction of sp³-hybridized carbons (Fsp3) is 0.281. The van der Waals surface area contributed by atoms with Gasteiger partial charge >= 0.3 is 5.97 Å². The van der Waals surface area contributed by atoms with Crippen molar-refractivity contribution in [2.75, 3.05) is 37.9 Å². The Morgan fingerprint density at radius 1 is 1.11 bits per heavy atom. The summed E-state index contributed by atoms with van der Waals surface area (Å²) in [6, 6.07) is 14.4. The maximum absolute atomic E-state index is 14.6.